The minimum absolute atomic E-state index is 0.0739. The number of hydrogen-bond donors (Lipinski definition) is 2. The van der Waals surface area contributed by atoms with Gasteiger partial charge < -0.3 is 20.4 Å². The molecule has 1 aromatic rings. The zero-order valence-corrected chi connectivity index (χ0v) is 15.6. The van der Waals surface area contributed by atoms with Crippen molar-refractivity contribution in [2.45, 2.75) is 31.0 Å². The molecule has 2 amide bonds. The first-order valence-corrected chi connectivity index (χ1v) is 11.1. The first kappa shape index (κ1) is 17.6. The van der Waals surface area contributed by atoms with Gasteiger partial charge in [0.15, 0.2) is 9.84 Å². The summed E-state index contributed by atoms with van der Waals surface area (Å²) in [6.45, 7) is 3.04. The number of anilines is 1. The fraction of sp³-hybridized carbons (Fsp3) is 0.611. The number of fused-ring (bicyclic) bond motifs is 1. The van der Waals surface area contributed by atoms with E-state index < -0.39 is 9.84 Å². The maximum atomic E-state index is 12.8. The van der Waals surface area contributed by atoms with Gasteiger partial charge in [0.05, 0.1) is 17.5 Å². The van der Waals surface area contributed by atoms with Crippen LogP contribution in [-0.4, -0.2) is 75.2 Å². The Hall–Kier alpha value is -1.80. The zero-order chi connectivity index (χ0) is 18.1. The minimum Gasteiger partial charge on any atom is -0.371 e. The molecule has 4 rings (SSSR count). The van der Waals surface area contributed by atoms with Crippen molar-refractivity contribution >= 4 is 21.6 Å². The lowest BCUT2D eigenvalue weighted by atomic mass is 10.0. The summed E-state index contributed by atoms with van der Waals surface area (Å²) in [6.07, 6.45) is 1.80. The molecule has 2 atom stereocenters. The van der Waals surface area contributed by atoms with Gasteiger partial charge in [0.25, 0.3) is 0 Å². The van der Waals surface area contributed by atoms with E-state index in [4.69, 9.17) is 0 Å². The van der Waals surface area contributed by atoms with E-state index in [2.05, 4.69) is 27.7 Å². The molecule has 0 spiro atoms. The lowest BCUT2D eigenvalue weighted by Crippen LogP contribution is -2.62. The predicted octanol–water partition coefficient (Wildman–Crippen LogP) is 0.436. The molecule has 0 bridgehead atoms. The molecule has 2 N–H and O–H groups in total. The van der Waals surface area contributed by atoms with Crippen molar-refractivity contribution < 1.29 is 13.2 Å². The summed E-state index contributed by atoms with van der Waals surface area (Å²) >= 11 is 0. The van der Waals surface area contributed by atoms with E-state index in [9.17, 15) is 13.2 Å². The molecule has 2 unspecified atom stereocenters. The Balaban J connectivity index is 1.33. The van der Waals surface area contributed by atoms with Gasteiger partial charge in [0.1, 0.15) is 0 Å². The Bertz CT molecular complexity index is 747. The van der Waals surface area contributed by atoms with Crippen LogP contribution in [0.1, 0.15) is 12.8 Å². The largest absolute Gasteiger partial charge is 0.371 e. The van der Waals surface area contributed by atoms with Crippen LogP contribution in [0.15, 0.2) is 30.3 Å². The number of nitrogens with one attached hydrogen (secondary N) is 2. The quantitative estimate of drug-likeness (QED) is 0.780. The first-order valence-electron chi connectivity index (χ1n) is 9.33. The molecular formula is C18H26N4O3S. The van der Waals surface area contributed by atoms with Gasteiger partial charge >= 0.3 is 6.03 Å². The number of para-hydroxylation sites is 1. The van der Waals surface area contributed by atoms with Crippen LogP contribution in [0.25, 0.3) is 0 Å². The maximum Gasteiger partial charge on any atom is 0.317 e. The van der Waals surface area contributed by atoms with E-state index in [0.29, 0.717) is 13.1 Å². The van der Waals surface area contributed by atoms with Crippen molar-refractivity contribution in [1.29, 1.82) is 0 Å². The van der Waals surface area contributed by atoms with Crippen molar-refractivity contribution in [3.8, 4) is 0 Å². The van der Waals surface area contributed by atoms with Gasteiger partial charge in [-0.1, -0.05) is 18.2 Å². The summed E-state index contributed by atoms with van der Waals surface area (Å²) in [5.41, 5.74) is 1.22. The van der Waals surface area contributed by atoms with E-state index in [0.717, 1.165) is 25.9 Å². The predicted molar refractivity (Wildman–Crippen MR) is 101 cm³/mol. The Morgan fingerprint density at radius 2 is 1.81 bits per heavy atom. The lowest BCUT2D eigenvalue weighted by Gasteiger charge is -2.39. The van der Waals surface area contributed by atoms with Crippen LogP contribution < -0.4 is 15.5 Å². The van der Waals surface area contributed by atoms with Crippen LogP contribution in [0.4, 0.5) is 10.5 Å². The van der Waals surface area contributed by atoms with E-state index in [1.54, 1.807) is 4.90 Å². The van der Waals surface area contributed by atoms with E-state index in [1.807, 2.05) is 18.2 Å². The van der Waals surface area contributed by atoms with Gasteiger partial charge in [-0.15, -0.1) is 0 Å². The number of rotatable bonds is 2. The summed E-state index contributed by atoms with van der Waals surface area (Å²) in [6, 6.07) is 9.99. The second-order valence-electron chi connectivity index (χ2n) is 7.44. The Morgan fingerprint density at radius 3 is 2.54 bits per heavy atom. The second-order valence-corrected chi connectivity index (χ2v) is 9.60. The number of carbonyl (C=O) groups is 1. The maximum absolute atomic E-state index is 12.8. The zero-order valence-electron chi connectivity index (χ0n) is 14.8. The summed E-state index contributed by atoms with van der Waals surface area (Å²) in [5, 5.41) is 6.38. The Kier molecular flexibility index (Phi) is 4.79. The lowest BCUT2D eigenvalue weighted by molar-refractivity contribution is 0.147. The summed E-state index contributed by atoms with van der Waals surface area (Å²) < 4.78 is 23.8. The molecule has 0 aliphatic carbocycles. The minimum atomic E-state index is -3.06. The van der Waals surface area contributed by atoms with E-state index >= 15 is 0 Å². The van der Waals surface area contributed by atoms with Crippen LogP contribution in [0.5, 0.6) is 0 Å². The molecule has 3 aliphatic heterocycles. The average Bonchev–Trinajstić information content (AvgIpc) is 2.96. The van der Waals surface area contributed by atoms with Gasteiger partial charge in [0, 0.05) is 44.0 Å². The molecule has 0 radical (unpaired) electrons. The van der Waals surface area contributed by atoms with Crippen molar-refractivity contribution in [2.24, 2.45) is 0 Å². The highest BCUT2D eigenvalue weighted by atomic mass is 32.2. The van der Waals surface area contributed by atoms with Gasteiger partial charge in [-0.3, -0.25) is 0 Å². The number of urea groups is 1. The smallest absolute Gasteiger partial charge is 0.317 e. The van der Waals surface area contributed by atoms with Crippen LogP contribution in [0.3, 0.4) is 0 Å². The number of sulfone groups is 1. The SMILES string of the molecule is O=C(NC1CCN(c2ccccc2)CC1)N1CCNC2CS(=O)(=O)CC21. The number of nitrogens with zero attached hydrogens (tertiary/aromatic N) is 2. The fourth-order valence-corrected chi connectivity index (χ4v) is 6.25. The average molecular weight is 378 g/mol. The molecule has 0 saturated carbocycles. The monoisotopic (exact) mass is 378 g/mol. The molecule has 7 nitrogen and oxygen atoms in total. The van der Waals surface area contributed by atoms with Gasteiger partial charge in [-0.25, -0.2) is 13.2 Å². The third-order valence-corrected chi connectivity index (χ3v) is 7.40. The summed E-state index contributed by atoms with van der Waals surface area (Å²) in [5.74, 6) is 0.210. The second kappa shape index (κ2) is 7.08. The van der Waals surface area contributed by atoms with Crippen molar-refractivity contribution in [3.63, 3.8) is 0 Å². The highest BCUT2D eigenvalue weighted by Crippen LogP contribution is 2.23. The standard InChI is InChI=1S/C18H26N4O3S/c23-18(22-11-8-19-16-12-26(24,25)13-17(16)22)20-14-6-9-21(10-7-14)15-4-2-1-3-5-15/h1-5,14,16-17,19H,6-13H2,(H,20,23). The van der Waals surface area contributed by atoms with Crippen LogP contribution in [-0.2, 0) is 9.84 Å². The number of amides is 2. The van der Waals surface area contributed by atoms with Crippen LogP contribution >= 0.6 is 0 Å². The summed E-state index contributed by atoms with van der Waals surface area (Å²) in [4.78, 5) is 16.8. The molecule has 142 valence electrons. The Labute approximate surface area is 154 Å². The third kappa shape index (κ3) is 3.66. The molecule has 3 heterocycles. The van der Waals surface area contributed by atoms with Crippen molar-refractivity contribution in [3.05, 3.63) is 30.3 Å². The van der Waals surface area contributed by atoms with Crippen LogP contribution in [0.2, 0.25) is 0 Å². The van der Waals surface area contributed by atoms with Gasteiger partial charge in [0.2, 0.25) is 0 Å². The van der Waals surface area contributed by atoms with Gasteiger partial charge in [-0.05, 0) is 25.0 Å². The number of piperazine rings is 1. The highest BCUT2D eigenvalue weighted by Gasteiger charge is 2.44. The van der Waals surface area contributed by atoms with Crippen molar-refractivity contribution in [2.75, 3.05) is 42.6 Å². The third-order valence-electron chi connectivity index (χ3n) is 5.69. The van der Waals surface area contributed by atoms with Crippen LogP contribution in [0, 0.1) is 0 Å². The van der Waals surface area contributed by atoms with Gasteiger partial charge in [-0.2, -0.15) is 0 Å². The number of piperidine rings is 1. The normalized spacial score (nSPS) is 28.6. The number of hydrogen-bond acceptors (Lipinski definition) is 5. The molecular weight excluding hydrogens is 352 g/mol. The van der Waals surface area contributed by atoms with E-state index in [1.165, 1.54) is 5.69 Å². The molecule has 1 aromatic carbocycles. The molecule has 3 fully saturated rings. The highest BCUT2D eigenvalue weighted by molar-refractivity contribution is 7.91. The molecule has 0 aromatic heterocycles. The van der Waals surface area contributed by atoms with Crippen molar-refractivity contribution in [1.82, 2.24) is 15.5 Å². The number of carbonyl (C=O) groups excluding carboxylic acids is 1. The molecule has 3 saturated heterocycles. The molecule has 8 heteroatoms. The number of benzene rings is 1. The van der Waals surface area contributed by atoms with E-state index in [-0.39, 0.29) is 35.7 Å². The summed E-state index contributed by atoms with van der Waals surface area (Å²) in [7, 11) is -3.06. The first-order chi connectivity index (χ1) is 12.5. The Morgan fingerprint density at radius 1 is 1.08 bits per heavy atom. The fourth-order valence-electron chi connectivity index (χ4n) is 4.30. The molecule has 3 aliphatic rings. The molecule has 26 heavy (non-hydrogen) atoms. The topological polar surface area (TPSA) is 81.8 Å².